The Kier molecular flexibility index (Phi) is 7.28. The maximum atomic E-state index is 13.1. The number of carbonyl (C=O) groups excluding carboxylic acids is 2. The summed E-state index contributed by atoms with van der Waals surface area (Å²) in [5.74, 6) is -0.330. The molecule has 7 nitrogen and oxygen atoms in total. The molecule has 0 spiro atoms. The van der Waals surface area contributed by atoms with Gasteiger partial charge in [0, 0.05) is 32.8 Å². The molecule has 2 aromatic carbocycles. The van der Waals surface area contributed by atoms with Crippen molar-refractivity contribution >= 4 is 56.3 Å². The third-order valence-electron chi connectivity index (χ3n) is 7.53. The normalized spacial score (nSPS) is 18.0. The van der Waals surface area contributed by atoms with Crippen LogP contribution in [0.1, 0.15) is 38.5 Å². The van der Waals surface area contributed by atoms with Crippen LogP contribution in [-0.4, -0.2) is 52.9 Å². The van der Waals surface area contributed by atoms with Crippen molar-refractivity contribution in [2.75, 3.05) is 26.2 Å². The highest BCUT2D eigenvalue weighted by molar-refractivity contribution is 9.10. The summed E-state index contributed by atoms with van der Waals surface area (Å²) in [4.78, 5) is 37.2. The van der Waals surface area contributed by atoms with Crippen LogP contribution in [0, 0.1) is 5.41 Å². The predicted octanol–water partition coefficient (Wildman–Crippen LogP) is 3.16. The van der Waals surface area contributed by atoms with E-state index in [0.29, 0.717) is 37.1 Å². The third-order valence-corrected chi connectivity index (χ3v) is 8.36. The van der Waals surface area contributed by atoms with Crippen molar-refractivity contribution in [3.63, 3.8) is 0 Å². The number of amides is 1. The second-order valence-corrected chi connectivity index (χ2v) is 11.3. The van der Waals surface area contributed by atoms with Gasteiger partial charge in [-0.2, -0.15) is 9.97 Å². The number of hydrogen-bond donors (Lipinski definition) is 1. The molecular weight excluding hydrogens is 544 g/mol. The lowest BCUT2D eigenvalue weighted by atomic mass is 9.79. The zero-order chi connectivity index (χ0) is 25.3. The third kappa shape index (κ3) is 5.26. The zero-order valence-corrected chi connectivity index (χ0v) is 22.3. The second-order valence-electron chi connectivity index (χ2n) is 9.95. The van der Waals surface area contributed by atoms with Gasteiger partial charge < -0.3 is 14.8 Å². The molecular formula is C27H28BrClN4O3. The van der Waals surface area contributed by atoms with Crippen molar-refractivity contribution in [3.05, 3.63) is 52.0 Å². The highest BCUT2D eigenvalue weighted by atomic mass is 79.9. The molecule has 2 fully saturated rings. The molecule has 0 bridgehead atoms. The summed E-state index contributed by atoms with van der Waals surface area (Å²) in [6.45, 7) is 2.53. The monoisotopic (exact) mass is 570 g/mol. The van der Waals surface area contributed by atoms with Crippen LogP contribution in [0.5, 0.6) is 0 Å². The van der Waals surface area contributed by atoms with E-state index in [1.807, 2.05) is 47.4 Å². The van der Waals surface area contributed by atoms with Crippen LogP contribution in [0.2, 0.25) is 5.02 Å². The minimum Gasteiger partial charge on any atom is -0.550 e. The Morgan fingerprint density at radius 3 is 2.47 bits per heavy atom. The van der Waals surface area contributed by atoms with Gasteiger partial charge in [-0.3, -0.25) is 9.69 Å². The fourth-order valence-electron chi connectivity index (χ4n) is 5.65. The summed E-state index contributed by atoms with van der Waals surface area (Å²) in [6.07, 6.45) is 3.77. The molecule has 1 N–H and O–H groups in total. The number of carbonyl (C=O) groups is 2. The number of piperazine rings is 1. The van der Waals surface area contributed by atoms with E-state index in [1.165, 1.54) is 0 Å². The van der Waals surface area contributed by atoms with Gasteiger partial charge in [-0.05, 0) is 48.9 Å². The van der Waals surface area contributed by atoms with Crippen LogP contribution < -0.4 is 10.0 Å². The van der Waals surface area contributed by atoms with Gasteiger partial charge in [-0.1, -0.05) is 58.6 Å². The lowest BCUT2D eigenvalue weighted by molar-refractivity contribution is -0.842. The zero-order valence-electron chi connectivity index (χ0n) is 19.9. The molecule has 0 unspecified atom stereocenters. The summed E-state index contributed by atoms with van der Waals surface area (Å²) in [7, 11) is 0. The van der Waals surface area contributed by atoms with E-state index in [-0.39, 0.29) is 18.7 Å². The number of fused-ring (bicyclic) bond motifs is 1. The first-order valence-corrected chi connectivity index (χ1v) is 13.6. The van der Waals surface area contributed by atoms with Gasteiger partial charge in [-0.15, -0.1) is 0 Å². The number of hydrogen-bond acceptors (Lipinski definition) is 5. The minimum absolute atomic E-state index is 0.0319. The number of aliphatic carboxylic acids is 1. The van der Waals surface area contributed by atoms with Crippen LogP contribution in [0.4, 0.5) is 5.95 Å². The first-order chi connectivity index (χ1) is 17.3. The van der Waals surface area contributed by atoms with Crippen molar-refractivity contribution in [2.45, 2.75) is 38.5 Å². The first kappa shape index (κ1) is 25.1. The number of benzene rings is 2. The van der Waals surface area contributed by atoms with Gasteiger partial charge >= 0.3 is 5.95 Å². The fourth-order valence-corrected chi connectivity index (χ4v) is 6.23. The predicted molar refractivity (Wildman–Crippen MR) is 140 cm³/mol. The summed E-state index contributed by atoms with van der Waals surface area (Å²) in [5.41, 5.74) is 2.04. The van der Waals surface area contributed by atoms with Crippen molar-refractivity contribution in [1.82, 2.24) is 14.9 Å². The Bertz CT molecular complexity index is 1300. The van der Waals surface area contributed by atoms with Gasteiger partial charge in [0.2, 0.25) is 5.91 Å². The molecule has 188 valence electrons. The number of carboxylic acids is 1. The van der Waals surface area contributed by atoms with Crippen LogP contribution in [0.25, 0.3) is 22.2 Å². The SMILES string of the molecule is O=C([O-])CC1(CC(=O)N2CC[NH+](c3nc(-c4ccccc4Cl)c4cc(Br)ccc4n3)CC2)CCCC1. The van der Waals surface area contributed by atoms with Gasteiger partial charge in [0.05, 0.1) is 24.3 Å². The van der Waals surface area contributed by atoms with E-state index in [4.69, 9.17) is 21.6 Å². The molecule has 9 heteroatoms. The van der Waals surface area contributed by atoms with Crippen molar-refractivity contribution in [3.8, 4) is 11.3 Å². The molecule has 1 saturated carbocycles. The Morgan fingerprint density at radius 2 is 1.78 bits per heavy atom. The van der Waals surface area contributed by atoms with E-state index < -0.39 is 11.4 Å². The Morgan fingerprint density at radius 1 is 1.06 bits per heavy atom. The van der Waals surface area contributed by atoms with Crippen molar-refractivity contribution in [2.24, 2.45) is 5.41 Å². The van der Waals surface area contributed by atoms with E-state index in [2.05, 4.69) is 15.9 Å². The van der Waals surface area contributed by atoms with Gasteiger partial charge in [0.15, 0.2) is 0 Å². The van der Waals surface area contributed by atoms with E-state index in [0.717, 1.165) is 57.2 Å². The molecule has 36 heavy (non-hydrogen) atoms. The Hall–Kier alpha value is -2.55. The number of nitrogens with one attached hydrogen (secondary N) is 1. The van der Waals surface area contributed by atoms with Gasteiger partial charge in [0.1, 0.15) is 13.1 Å². The fraction of sp³-hybridized carbons (Fsp3) is 0.407. The average Bonchev–Trinajstić information content (AvgIpc) is 3.31. The molecule has 1 saturated heterocycles. The second kappa shape index (κ2) is 10.4. The number of carboxylic acid groups (broad SMARTS) is 1. The number of nitrogens with zero attached hydrogens (tertiary/aromatic N) is 3. The molecule has 3 aromatic rings. The summed E-state index contributed by atoms with van der Waals surface area (Å²) < 4.78 is 0.942. The molecule has 0 atom stereocenters. The van der Waals surface area contributed by atoms with Crippen molar-refractivity contribution < 1.29 is 19.6 Å². The molecule has 0 radical (unpaired) electrons. The van der Waals surface area contributed by atoms with Crippen molar-refractivity contribution in [1.29, 1.82) is 0 Å². The standard InChI is InChI=1S/C27H28BrClN4O3/c28-18-7-8-22-20(15-18)25(19-5-1-2-6-21(19)29)31-26(30-22)33-13-11-32(12-14-33)23(34)16-27(17-24(35)36)9-3-4-10-27/h1-2,5-8,15H,3-4,9-14,16-17H2,(H,35,36). The number of aromatic nitrogens is 2. The molecule has 5 rings (SSSR count). The quantitative estimate of drug-likeness (QED) is 0.491. The molecule has 1 aliphatic carbocycles. The highest BCUT2D eigenvalue weighted by Gasteiger charge is 2.38. The smallest absolute Gasteiger partial charge is 0.328 e. The van der Waals surface area contributed by atoms with E-state index >= 15 is 0 Å². The maximum absolute atomic E-state index is 13.1. The summed E-state index contributed by atoms with van der Waals surface area (Å²) >= 11 is 10.1. The lowest BCUT2D eigenvalue weighted by Crippen LogP contribution is -3.11. The van der Waals surface area contributed by atoms with Gasteiger partial charge in [0.25, 0.3) is 0 Å². The summed E-state index contributed by atoms with van der Waals surface area (Å²) in [6, 6.07) is 13.6. The van der Waals surface area contributed by atoms with Crippen LogP contribution in [0.3, 0.4) is 0 Å². The van der Waals surface area contributed by atoms with Crippen LogP contribution in [-0.2, 0) is 9.59 Å². The van der Waals surface area contributed by atoms with Crippen LogP contribution >= 0.6 is 27.5 Å². The van der Waals surface area contributed by atoms with E-state index in [9.17, 15) is 14.7 Å². The molecule has 1 amide bonds. The van der Waals surface area contributed by atoms with Gasteiger partial charge in [-0.25, -0.2) is 0 Å². The van der Waals surface area contributed by atoms with Crippen LogP contribution in [0.15, 0.2) is 46.9 Å². The minimum atomic E-state index is -1.06. The lowest BCUT2D eigenvalue weighted by Gasteiger charge is -2.35. The highest BCUT2D eigenvalue weighted by Crippen LogP contribution is 2.44. The Labute approximate surface area is 223 Å². The molecule has 2 heterocycles. The van der Waals surface area contributed by atoms with E-state index in [1.54, 1.807) is 0 Å². The first-order valence-electron chi connectivity index (χ1n) is 12.4. The molecule has 2 aliphatic rings. The molecule has 1 aromatic heterocycles. The molecule has 1 aliphatic heterocycles. The number of quaternary nitrogens is 1. The summed E-state index contributed by atoms with van der Waals surface area (Å²) in [5, 5.41) is 12.9. The number of rotatable bonds is 6. The topological polar surface area (TPSA) is 90.7 Å². The maximum Gasteiger partial charge on any atom is 0.328 e. The number of halogens is 2. The largest absolute Gasteiger partial charge is 0.550 e. The Balaban J connectivity index is 1.35. The average molecular weight is 572 g/mol.